The monoisotopic (exact) mass is 418 g/mol. The molecule has 2 saturated carbocycles. The maximum atomic E-state index is 4.54. The molecule has 4 aliphatic rings. The lowest BCUT2D eigenvalue weighted by Gasteiger charge is -2.38. The number of aliphatic imine (C=N–C) groups is 1. The lowest BCUT2D eigenvalue weighted by atomic mass is 9.68. The third-order valence-corrected chi connectivity index (χ3v) is 6.29. The van der Waals surface area contributed by atoms with Crippen molar-refractivity contribution in [2.45, 2.75) is 51.0 Å². The average molecular weight is 418 g/mol. The maximum Gasteiger partial charge on any atom is 0.193 e. The molecule has 2 aliphatic heterocycles. The van der Waals surface area contributed by atoms with Crippen molar-refractivity contribution >= 4 is 29.9 Å². The standard InChI is InChI=1S/C17H30N4.HI/c1-18-16(21-10-8-17(13-21)6-2-7-17)19-11-14-5-9-20(12-14)15-3-4-15;/h14-15H,2-13H2,1H3,(H,18,19);1H. The first-order chi connectivity index (χ1) is 10.3. The van der Waals surface area contributed by atoms with E-state index in [1.807, 2.05) is 7.05 Å². The molecular weight excluding hydrogens is 387 g/mol. The van der Waals surface area contributed by atoms with Gasteiger partial charge >= 0.3 is 0 Å². The third kappa shape index (κ3) is 3.40. The zero-order chi connectivity index (χ0) is 14.3. The number of halogens is 1. The predicted octanol–water partition coefficient (Wildman–Crippen LogP) is 2.54. The molecule has 126 valence electrons. The molecule has 1 spiro atoms. The van der Waals surface area contributed by atoms with Crippen LogP contribution in [-0.2, 0) is 0 Å². The van der Waals surface area contributed by atoms with Crippen LogP contribution in [0.4, 0.5) is 0 Å². The lowest BCUT2D eigenvalue weighted by Crippen LogP contribution is -2.44. The summed E-state index contributed by atoms with van der Waals surface area (Å²) in [7, 11) is 1.94. The molecule has 1 atom stereocenters. The number of hydrogen-bond donors (Lipinski definition) is 1. The molecule has 4 rings (SSSR count). The van der Waals surface area contributed by atoms with Crippen molar-refractivity contribution in [3.63, 3.8) is 0 Å². The Morgan fingerprint density at radius 1 is 1.18 bits per heavy atom. The summed E-state index contributed by atoms with van der Waals surface area (Å²) in [6.45, 7) is 6.19. The molecule has 4 fully saturated rings. The second-order valence-corrected chi connectivity index (χ2v) is 7.83. The first-order valence-corrected chi connectivity index (χ1v) is 8.98. The van der Waals surface area contributed by atoms with Gasteiger partial charge in [-0.1, -0.05) is 6.42 Å². The van der Waals surface area contributed by atoms with Crippen LogP contribution < -0.4 is 5.32 Å². The van der Waals surface area contributed by atoms with E-state index in [9.17, 15) is 0 Å². The molecule has 2 saturated heterocycles. The SMILES string of the molecule is CN=C(NCC1CCN(C2CC2)C1)N1CCC2(CCC2)C1.I. The number of rotatable bonds is 3. The summed E-state index contributed by atoms with van der Waals surface area (Å²) >= 11 is 0. The van der Waals surface area contributed by atoms with Crippen LogP contribution in [-0.4, -0.2) is 61.6 Å². The molecule has 2 aliphatic carbocycles. The zero-order valence-electron chi connectivity index (χ0n) is 13.9. The van der Waals surface area contributed by atoms with Crippen LogP contribution in [0.2, 0.25) is 0 Å². The largest absolute Gasteiger partial charge is 0.356 e. The highest BCUT2D eigenvalue weighted by Crippen LogP contribution is 2.47. The minimum atomic E-state index is 0. The second kappa shape index (κ2) is 6.83. The molecule has 0 aromatic heterocycles. The number of nitrogens with one attached hydrogen (secondary N) is 1. The van der Waals surface area contributed by atoms with Gasteiger partial charge in [0.05, 0.1) is 0 Å². The highest BCUT2D eigenvalue weighted by Gasteiger charge is 2.43. The van der Waals surface area contributed by atoms with Crippen LogP contribution in [0.5, 0.6) is 0 Å². The summed E-state index contributed by atoms with van der Waals surface area (Å²) in [5.74, 6) is 1.98. The van der Waals surface area contributed by atoms with Crippen molar-refractivity contribution in [1.29, 1.82) is 0 Å². The molecule has 0 bridgehead atoms. The molecule has 22 heavy (non-hydrogen) atoms. The summed E-state index contributed by atoms with van der Waals surface area (Å²) in [4.78, 5) is 9.75. The molecule has 2 heterocycles. The van der Waals surface area contributed by atoms with Gasteiger partial charge in [0.2, 0.25) is 0 Å². The van der Waals surface area contributed by atoms with Crippen molar-refractivity contribution in [1.82, 2.24) is 15.1 Å². The predicted molar refractivity (Wildman–Crippen MR) is 102 cm³/mol. The van der Waals surface area contributed by atoms with Gasteiger partial charge in [-0.25, -0.2) is 0 Å². The van der Waals surface area contributed by atoms with Crippen LogP contribution in [0.15, 0.2) is 4.99 Å². The molecule has 4 nitrogen and oxygen atoms in total. The summed E-state index contributed by atoms with van der Waals surface area (Å²) in [6, 6.07) is 0.936. The van der Waals surface area contributed by atoms with Crippen molar-refractivity contribution in [2.24, 2.45) is 16.3 Å². The zero-order valence-corrected chi connectivity index (χ0v) is 16.2. The minimum Gasteiger partial charge on any atom is -0.356 e. The Morgan fingerprint density at radius 3 is 2.59 bits per heavy atom. The van der Waals surface area contributed by atoms with Crippen molar-refractivity contribution in [3.8, 4) is 0 Å². The smallest absolute Gasteiger partial charge is 0.193 e. The van der Waals surface area contributed by atoms with Crippen molar-refractivity contribution < 1.29 is 0 Å². The van der Waals surface area contributed by atoms with E-state index in [-0.39, 0.29) is 24.0 Å². The van der Waals surface area contributed by atoms with Gasteiger partial charge < -0.3 is 15.1 Å². The fourth-order valence-corrected chi connectivity index (χ4v) is 4.57. The summed E-state index contributed by atoms with van der Waals surface area (Å²) in [5, 5.41) is 3.67. The van der Waals surface area contributed by atoms with Crippen LogP contribution in [0.1, 0.15) is 44.9 Å². The Bertz CT molecular complexity index is 417. The highest BCUT2D eigenvalue weighted by molar-refractivity contribution is 14.0. The number of likely N-dealkylation sites (tertiary alicyclic amines) is 2. The first kappa shape index (κ1) is 16.8. The van der Waals surface area contributed by atoms with Gasteiger partial charge in [-0.15, -0.1) is 24.0 Å². The normalized spacial score (nSPS) is 31.2. The molecule has 0 radical (unpaired) electrons. The van der Waals surface area contributed by atoms with Crippen LogP contribution in [0, 0.1) is 11.3 Å². The van der Waals surface area contributed by atoms with Gasteiger partial charge in [0.25, 0.3) is 0 Å². The summed E-state index contributed by atoms with van der Waals surface area (Å²) < 4.78 is 0. The second-order valence-electron chi connectivity index (χ2n) is 7.83. The van der Waals surface area contributed by atoms with Crippen molar-refractivity contribution in [3.05, 3.63) is 0 Å². The highest BCUT2D eigenvalue weighted by atomic mass is 127. The Balaban J connectivity index is 0.00000144. The fourth-order valence-electron chi connectivity index (χ4n) is 4.57. The molecule has 0 aromatic carbocycles. The van der Waals surface area contributed by atoms with Crippen LogP contribution in [0.25, 0.3) is 0 Å². The van der Waals surface area contributed by atoms with Gasteiger partial charge in [-0.2, -0.15) is 0 Å². The van der Waals surface area contributed by atoms with E-state index < -0.39 is 0 Å². The fraction of sp³-hybridized carbons (Fsp3) is 0.941. The van der Waals surface area contributed by atoms with E-state index in [2.05, 4.69) is 20.1 Å². The van der Waals surface area contributed by atoms with Gasteiger partial charge in [-0.05, 0) is 56.4 Å². The number of hydrogen-bond acceptors (Lipinski definition) is 2. The molecule has 0 aromatic rings. The molecule has 1 N–H and O–H groups in total. The number of nitrogens with zero attached hydrogens (tertiary/aromatic N) is 3. The van der Waals surface area contributed by atoms with E-state index in [0.29, 0.717) is 5.41 Å². The third-order valence-electron chi connectivity index (χ3n) is 6.29. The Labute approximate surface area is 152 Å². The molecule has 5 heteroatoms. The lowest BCUT2D eigenvalue weighted by molar-refractivity contribution is 0.151. The summed E-state index contributed by atoms with van der Waals surface area (Å²) in [5.41, 5.74) is 0.660. The van der Waals surface area contributed by atoms with Gasteiger partial charge in [0, 0.05) is 39.3 Å². The average Bonchev–Trinajstić information content (AvgIpc) is 3.02. The molecule has 1 unspecified atom stereocenters. The first-order valence-electron chi connectivity index (χ1n) is 8.98. The molecular formula is C17H31IN4. The quantitative estimate of drug-likeness (QED) is 0.434. The van der Waals surface area contributed by atoms with E-state index in [1.54, 1.807) is 0 Å². The Hall–Kier alpha value is -0.0400. The maximum absolute atomic E-state index is 4.54. The van der Waals surface area contributed by atoms with Gasteiger partial charge in [0.15, 0.2) is 5.96 Å². The van der Waals surface area contributed by atoms with E-state index in [4.69, 9.17) is 0 Å². The van der Waals surface area contributed by atoms with Crippen LogP contribution in [0.3, 0.4) is 0 Å². The van der Waals surface area contributed by atoms with E-state index in [1.165, 1.54) is 71.1 Å². The Morgan fingerprint density at radius 2 is 2.00 bits per heavy atom. The number of guanidine groups is 1. The van der Waals surface area contributed by atoms with Crippen LogP contribution >= 0.6 is 24.0 Å². The van der Waals surface area contributed by atoms with E-state index in [0.717, 1.165) is 24.5 Å². The van der Waals surface area contributed by atoms with Gasteiger partial charge in [0.1, 0.15) is 0 Å². The van der Waals surface area contributed by atoms with E-state index >= 15 is 0 Å². The Kier molecular flexibility index (Phi) is 5.22. The topological polar surface area (TPSA) is 30.9 Å². The van der Waals surface area contributed by atoms with Crippen molar-refractivity contribution in [2.75, 3.05) is 39.8 Å². The van der Waals surface area contributed by atoms with Gasteiger partial charge in [-0.3, -0.25) is 4.99 Å². The minimum absolute atomic E-state index is 0. The summed E-state index contributed by atoms with van der Waals surface area (Å²) in [6.07, 6.45) is 9.96. The molecule has 0 amide bonds.